The Hall–Kier alpha value is -5.77. The molecule has 0 aliphatic heterocycles. The molecule has 0 radical (unpaired) electrons. The number of nitrogens with zero attached hydrogens (tertiary/aromatic N) is 7. The molecule has 6 N–H and O–H groups in total. The zero-order valence-electron chi connectivity index (χ0n) is 63.1. The van der Waals surface area contributed by atoms with E-state index >= 15 is 0 Å². The summed E-state index contributed by atoms with van der Waals surface area (Å²) >= 11 is 8.34. The van der Waals surface area contributed by atoms with E-state index in [1.54, 1.807) is 112 Å². The fraction of sp³-hybridized carbons (Fsp3) is 0.732. The van der Waals surface area contributed by atoms with Gasteiger partial charge >= 0.3 is 30.0 Å². The quantitative estimate of drug-likeness (QED) is 0.0347. The monoisotopic (exact) mass is 1580 g/mol. The largest absolute Gasteiger partial charge is 0.481 e. The highest BCUT2D eigenvalue weighted by atomic mass is 32.2. The van der Waals surface area contributed by atoms with Crippen LogP contribution in [0.3, 0.4) is 0 Å². The lowest BCUT2D eigenvalue weighted by Crippen LogP contribution is -2.51. The van der Waals surface area contributed by atoms with Gasteiger partial charge in [0.05, 0.1) is 25.7 Å². The number of carbonyl (C=O) groups excluding carboxylic acids is 9. The van der Waals surface area contributed by atoms with E-state index in [-0.39, 0.29) is 225 Å². The number of amides is 9. The summed E-state index contributed by atoms with van der Waals surface area (Å²) in [5.41, 5.74) is 0.475. The first-order chi connectivity index (χ1) is 49.2. The third kappa shape index (κ3) is 44.4. The topological polar surface area (TPSA) is 359 Å². The van der Waals surface area contributed by atoms with Gasteiger partial charge in [-0.1, -0.05) is 85.7 Å². The van der Waals surface area contributed by atoms with Gasteiger partial charge in [-0.05, 0) is 26.3 Å². The number of nitrogens with one attached hydrogen (secondary N) is 2. The van der Waals surface area contributed by atoms with Crippen LogP contribution in [-0.2, 0) is 68.0 Å². The first kappa shape index (κ1) is 96.2. The molecule has 0 spiro atoms. The van der Waals surface area contributed by atoms with Crippen molar-refractivity contribution in [2.45, 2.75) is 132 Å². The highest BCUT2D eigenvalue weighted by Gasteiger charge is 2.31. The van der Waals surface area contributed by atoms with Gasteiger partial charge in [0.2, 0.25) is 47.3 Å². The van der Waals surface area contributed by atoms with Gasteiger partial charge in [-0.25, -0.2) is 4.79 Å². The highest BCUT2D eigenvalue weighted by molar-refractivity contribution is 8.00. The Morgan fingerprint density at radius 2 is 0.673 bits per heavy atom. The normalized spacial score (nSPS) is 12.7. The van der Waals surface area contributed by atoms with E-state index in [1.807, 2.05) is 30.3 Å². The molecule has 0 heterocycles. The second kappa shape index (κ2) is 55.6. The Balaban J connectivity index is 3.85. The number of carboxylic acids is 4. The van der Waals surface area contributed by atoms with E-state index < -0.39 is 65.2 Å². The zero-order valence-corrected chi connectivity index (χ0v) is 68.0. The number of carbonyl (C=O) groups is 13. The highest BCUT2D eigenvalue weighted by Crippen LogP contribution is 2.20. The smallest absolute Gasteiger partial charge is 0.407 e. The third-order valence-corrected chi connectivity index (χ3v) is 23.2. The molecule has 592 valence electrons. The van der Waals surface area contributed by atoms with Crippen molar-refractivity contribution in [3.05, 3.63) is 35.9 Å². The third-order valence-electron chi connectivity index (χ3n) is 16.1. The van der Waals surface area contributed by atoms with Crippen molar-refractivity contribution in [2.75, 3.05) is 168 Å². The van der Waals surface area contributed by atoms with Gasteiger partial charge in [-0.2, -0.15) is 70.6 Å². The van der Waals surface area contributed by atoms with E-state index in [1.165, 1.54) is 74.2 Å². The van der Waals surface area contributed by atoms with Crippen LogP contribution in [0.25, 0.3) is 0 Å². The van der Waals surface area contributed by atoms with E-state index in [4.69, 9.17) is 9.84 Å². The van der Waals surface area contributed by atoms with E-state index in [2.05, 4.69) is 10.6 Å². The van der Waals surface area contributed by atoms with Gasteiger partial charge < -0.3 is 70.1 Å². The Kier molecular flexibility index (Phi) is 51.5. The summed E-state index contributed by atoms with van der Waals surface area (Å²) in [6, 6.07) is 10.0. The molecular formula is C71H119N9O18S6. The lowest BCUT2D eigenvalue weighted by Gasteiger charge is -2.35. The lowest BCUT2D eigenvalue weighted by atomic mass is 10.1. The van der Waals surface area contributed by atoms with Gasteiger partial charge in [0, 0.05) is 223 Å². The molecule has 5 atom stereocenters. The van der Waals surface area contributed by atoms with Gasteiger partial charge in [-0.15, -0.1) is 0 Å². The molecule has 0 bridgehead atoms. The molecule has 1 aromatic carbocycles. The number of aliphatic carboxylic acids is 4. The minimum Gasteiger partial charge on any atom is -0.481 e. The van der Waals surface area contributed by atoms with Crippen molar-refractivity contribution in [2.24, 2.45) is 29.6 Å². The number of rotatable bonds is 59. The predicted octanol–water partition coefficient (Wildman–Crippen LogP) is 7.34. The summed E-state index contributed by atoms with van der Waals surface area (Å²) in [7, 11) is 0. The maximum absolute atomic E-state index is 14.9. The summed E-state index contributed by atoms with van der Waals surface area (Å²) in [6.45, 7) is 20.3. The predicted molar refractivity (Wildman–Crippen MR) is 418 cm³/mol. The SMILES string of the molecule is CCC(=O)N(CCSCc1ccccc1)CCN(CCN(CCN(CCN(CCN(CCN(CCNC(=O)C(C)CSCCC(=O)O)C(=O)C(C)CSCCC(=O)O)C(=O)C(C)CSCCC(=O)O)C(=O)C(C)CSCCC(=O)O)C(=O)CC)C(=O)C(C)CSCCNC(=O)OC(C)(C)C)C(=O)CC. The van der Waals surface area contributed by atoms with Crippen molar-refractivity contribution < 1.29 is 87.5 Å². The molecule has 0 saturated carbocycles. The van der Waals surface area contributed by atoms with Crippen molar-refractivity contribution in [1.29, 1.82) is 0 Å². The number of benzene rings is 1. The van der Waals surface area contributed by atoms with Crippen molar-refractivity contribution in [3.8, 4) is 0 Å². The first-order valence-corrected chi connectivity index (χ1v) is 42.8. The maximum Gasteiger partial charge on any atom is 0.407 e. The number of ether oxygens (including phenoxy) is 1. The minimum atomic E-state index is -1.00. The van der Waals surface area contributed by atoms with Crippen LogP contribution >= 0.6 is 70.6 Å². The molecule has 1 rings (SSSR count). The van der Waals surface area contributed by atoms with Crippen LogP contribution < -0.4 is 10.6 Å². The van der Waals surface area contributed by atoms with Crippen LogP contribution in [0.2, 0.25) is 0 Å². The molecular weight excluding hydrogens is 1460 g/mol. The summed E-state index contributed by atoms with van der Waals surface area (Å²) < 4.78 is 5.37. The zero-order chi connectivity index (χ0) is 78.2. The Morgan fingerprint density at radius 3 is 0.990 bits per heavy atom. The van der Waals surface area contributed by atoms with Crippen molar-refractivity contribution in [1.82, 2.24) is 44.9 Å². The molecule has 0 aliphatic rings. The molecule has 0 fully saturated rings. The van der Waals surface area contributed by atoms with Crippen LogP contribution in [0.15, 0.2) is 30.3 Å². The summed E-state index contributed by atoms with van der Waals surface area (Å²) in [4.78, 5) is 182. The average Bonchev–Trinajstić information content (AvgIpc) is 0.871. The molecule has 0 aromatic heterocycles. The molecule has 27 nitrogen and oxygen atoms in total. The molecule has 0 saturated heterocycles. The number of thioether (sulfide) groups is 6. The van der Waals surface area contributed by atoms with Crippen molar-refractivity contribution in [3.63, 3.8) is 0 Å². The number of hydrogen-bond acceptors (Lipinski definition) is 20. The number of alkyl carbamates (subject to hydrolysis) is 1. The van der Waals surface area contributed by atoms with E-state index in [0.29, 0.717) is 35.3 Å². The fourth-order valence-electron chi connectivity index (χ4n) is 10.0. The number of hydrogen-bond donors (Lipinski definition) is 6. The average molecular weight is 1580 g/mol. The second-order valence-electron chi connectivity index (χ2n) is 26.2. The van der Waals surface area contributed by atoms with Crippen LogP contribution in [0, 0.1) is 29.6 Å². The Bertz CT molecular complexity index is 2800. The summed E-state index contributed by atoms with van der Waals surface area (Å²) in [5.74, 6) is -4.69. The van der Waals surface area contributed by atoms with Gasteiger partial charge in [-0.3, -0.25) is 57.5 Å². The maximum atomic E-state index is 14.9. The minimum absolute atomic E-state index is 0.00893. The number of carboxylic acid groups (broad SMARTS) is 4. The molecule has 1 aromatic rings. The first-order valence-electron chi connectivity index (χ1n) is 35.9. The van der Waals surface area contributed by atoms with Crippen LogP contribution in [0.1, 0.15) is 127 Å². The standard InChI is InChI=1S/C71H119N9O18S6/c1-12-58(81)74(27-28-76(60(83)14-3)39-45-104-51-57-18-16-15-17-19-57)29-32-78(69(96)56(8)50-103-44-25-73-70(97)98-71(9,10)11)33-30-75(59(82)13-2)31-34-79(67(94)54(6)48-101-42-22-63(88)89)37-38-80(68(95)55(7)49-102-43-23-64(90)91)36-35-77(66(93)53(5)47-100-41-21-62(86)87)26-24-72-65(92)52(4)46-99-40-20-61(84)85/h15-19,52-56H,12-14,20-51H2,1-11H3,(H,72,92)(H,73,97)(H,84,85)(H,86,87)(H,88,89)(H,90,91). The molecule has 5 unspecified atom stereocenters. The second-order valence-corrected chi connectivity index (χ2v) is 33.1. The Labute approximate surface area is 642 Å². The van der Waals surface area contributed by atoms with Crippen LogP contribution in [0.5, 0.6) is 0 Å². The summed E-state index contributed by atoms with van der Waals surface area (Å²) in [6.07, 6.45) is -0.532. The molecule has 9 amide bonds. The van der Waals surface area contributed by atoms with Gasteiger partial charge in [0.25, 0.3) is 0 Å². The van der Waals surface area contributed by atoms with E-state index in [0.717, 1.165) is 5.75 Å². The molecule has 104 heavy (non-hydrogen) atoms. The molecule has 33 heteroatoms. The lowest BCUT2D eigenvalue weighted by molar-refractivity contribution is -0.141. The van der Waals surface area contributed by atoms with Crippen LogP contribution in [-0.4, -0.2) is 306 Å². The van der Waals surface area contributed by atoms with Crippen LogP contribution in [0.4, 0.5) is 4.79 Å². The molecule has 0 aliphatic carbocycles. The van der Waals surface area contributed by atoms with Gasteiger partial charge in [0.15, 0.2) is 0 Å². The summed E-state index contributed by atoms with van der Waals surface area (Å²) in [5, 5.41) is 42.7. The fourth-order valence-corrected chi connectivity index (χ4v) is 15.8. The van der Waals surface area contributed by atoms with Gasteiger partial charge in [0.1, 0.15) is 5.60 Å². The van der Waals surface area contributed by atoms with E-state index in [9.17, 15) is 77.6 Å². The Morgan fingerprint density at radius 1 is 0.375 bits per heavy atom. The van der Waals surface area contributed by atoms with Crippen molar-refractivity contribution >= 4 is 148 Å².